The molecule has 0 aliphatic rings. The maximum Gasteiger partial charge on any atom is 0.254 e. The number of nitrogens with zero attached hydrogens (tertiary/aromatic N) is 3. The molecule has 0 spiro atoms. The molecule has 2 amide bonds. The van der Waals surface area contributed by atoms with Crippen molar-refractivity contribution in [2.24, 2.45) is 0 Å². The molecule has 25 heavy (non-hydrogen) atoms. The molecule has 1 atom stereocenters. The largest absolute Gasteiger partial charge is 0.388 e. The molecular weight excluding hydrogens is 324 g/mol. The van der Waals surface area contributed by atoms with Crippen LogP contribution in [0.15, 0.2) is 42.7 Å². The van der Waals surface area contributed by atoms with Crippen LogP contribution < -0.4 is 5.32 Å². The molecule has 1 aromatic heterocycles. The van der Waals surface area contributed by atoms with E-state index in [1.165, 1.54) is 14.1 Å². The molecule has 2 N–H and O–H groups in total. The van der Waals surface area contributed by atoms with Gasteiger partial charge in [-0.05, 0) is 18.2 Å². The molecule has 0 bridgehead atoms. The zero-order chi connectivity index (χ0) is 18.4. The number of ketones is 1. The highest BCUT2D eigenvalue weighted by molar-refractivity contribution is 6.10. The predicted molar refractivity (Wildman–Crippen MR) is 89.5 cm³/mol. The molecule has 130 valence electrons. The smallest absolute Gasteiger partial charge is 0.254 e. The van der Waals surface area contributed by atoms with E-state index in [0.717, 1.165) is 10.5 Å². The molecule has 1 unspecified atom stereocenters. The molecule has 0 fully saturated rings. The number of aliphatic hydroxyl groups excluding tert-OH is 1. The number of likely N-dealkylation sites (N-methyl/N-ethyl adjacent to an activating group) is 2. The van der Waals surface area contributed by atoms with Gasteiger partial charge >= 0.3 is 0 Å². The second-order valence-corrected chi connectivity index (χ2v) is 5.21. The molecule has 8 nitrogen and oxygen atoms in total. The Morgan fingerprint density at radius 1 is 1.16 bits per heavy atom. The molecule has 2 rings (SSSR count). The van der Waals surface area contributed by atoms with Crippen LogP contribution in [0.4, 0.5) is 0 Å². The van der Waals surface area contributed by atoms with Gasteiger partial charge in [-0.15, -0.1) is 0 Å². The number of nitrogens with one attached hydrogen (secondary N) is 1. The summed E-state index contributed by atoms with van der Waals surface area (Å²) in [5.74, 6) is -1.42. The summed E-state index contributed by atoms with van der Waals surface area (Å²) in [4.78, 5) is 45.5. The second kappa shape index (κ2) is 8.11. The average molecular weight is 342 g/mol. The van der Waals surface area contributed by atoms with Crippen molar-refractivity contribution in [3.05, 3.63) is 48.3 Å². The first-order valence-corrected chi connectivity index (χ1v) is 7.49. The Labute approximate surface area is 144 Å². The minimum Gasteiger partial charge on any atom is -0.388 e. The van der Waals surface area contributed by atoms with Gasteiger partial charge in [0, 0.05) is 37.6 Å². The van der Waals surface area contributed by atoms with Crippen molar-refractivity contribution in [1.29, 1.82) is 0 Å². The van der Waals surface area contributed by atoms with Gasteiger partial charge in [-0.25, -0.2) is 9.97 Å². The maximum atomic E-state index is 12.6. The van der Waals surface area contributed by atoms with Crippen molar-refractivity contribution < 1.29 is 19.5 Å². The van der Waals surface area contributed by atoms with E-state index in [4.69, 9.17) is 5.11 Å². The summed E-state index contributed by atoms with van der Waals surface area (Å²) in [7, 11) is 2.69. The summed E-state index contributed by atoms with van der Waals surface area (Å²) in [6.07, 6.45) is 3.23. The zero-order valence-electron chi connectivity index (χ0n) is 13.8. The summed E-state index contributed by atoms with van der Waals surface area (Å²) in [6.45, 7) is -0.833. The van der Waals surface area contributed by atoms with Crippen LogP contribution in [-0.4, -0.2) is 64.3 Å². The lowest BCUT2D eigenvalue weighted by Crippen LogP contribution is -2.52. The molecule has 8 heteroatoms. The lowest BCUT2D eigenvalue weighted by Gasteiger charge is -2.25. The molecule has 0 aliphatic carbocycles. The molecule has 0 radical (unpaired) electrons. The summed E-state index contributed by atoms with van der Waals surface area (Å²) in [6, 6.07) is 6.80. The number of carbonyl (C=O) groups is 3. The number of aromatic nitrogens is 2. The highest BCUT2D eigenvalue weighted by Gasteiger charge is 2.32. The van der Waals surface area contributed by atoms with Gasteiger partial charge in [0.05, 0.1) is 0 Å². The molecule has 2 aromatic rings. The fraction of sp³-hybridized carbons (Fsp3) is 0.235. The first-order chi connectivity index (χ1) is 12.0. The van der Waals surface area contributed by atoms with E-state index >= 15 is 0 Å². The van der Waals surface area contributed by atoms with Crippen LogP contribution in [0.3, 0.4) is 0 Å². The van der Waals surface area contributed by atoms with Gasteiger partial charge in [0.2, 0.25) is 5.91 Å². The van der Waals surface area contributed by atoms with Crippen LogP contribution in [0.1, 0.15) is 10.4 Å². The standard InChI is InChI=1S/C17H18N4O4/c1-18-16(24)14(13(23)10-22)21(2)17(25)12-6-4-11(5-7-12)15-19-8-3-9-20-15/h3-9,14,22H,10H2,1-2H3,(H,18,24). The average Bonchev–Trinajstić information content (AvgIpc) is 2.67. The van der Waals surface area contributed by atoms with Crippen LogP contribution in [0.5, 0.6) is 0 Å². The van der Waals surface area contributed by atoms with Crippen LogP contribution in [0.2, 0.25) is 0 Å². The molecule has 1 heterocycles. The maximum absolute atomic E-state index is 12.6. The van der Waals surface area contributed by atoms with Crippen LogP contribution in [0, 0.1) is 0 Å². The van der Waals surface area contributed by atoms with Crippen LogP contribution in [0.25, 0.3) is 11.4 Å². The third-order valence-electron chi connectivity index (χ3n) is 3.62. The van der Waals surface area contributed by atoms with Gasteiger partial charge in [0.1, 0.15) is 6.61 Å². The lowest BCUT2D eigenvalue weighted by molar-refractivity contribution is -0.135. The van der Waals surface area contributed by atoms with Crippen LogP contribution >= 0.6 is 0 Å². The van der Waals surface area contributed by atoms with Gasteiger partial charge in [-0.2, -0.15) is 0 Å². The Morgan fingerprint density at radius 2 is 1.76 bits per heavy atom. The molecule has 0 aliphatic heterocycles. The lowest BCUT2D eigenvalue weighted by atomic mass is 10.1. The van der Waals surface area contributed by atoms with Gasteiger partial charge < -0.3 is 15.3 Å². The van der Waals surface area contributed by atoms with Gasteiger partial charge in [0.15, 0.2) is 17.6 Å². The van der Waals surface area contributed by atoms with Crippen molar-refractivity contribution in [2.75, 3.05) is 20.7 Å². The normalized spacial score (nSPS) is 11.5. The number of rotatable bonds is 6. The number of amides is 2. The quantitative estimate of drug-likeness (QED) is 0.709. The highest BCUT2D eigenvalue weighted by Crippen LogP contribution is 2.16. The number of benzene rings is 1. The van der Waals surface area contributed by atoms with Crippen molar-refractivity contribution in [2.45, 2.75) is 6.04 Å². The Bertz CT molecular complexity index is 746. The van der Waals surface area contributed by atoms with Crippen molar-refractivity contribution >= 4 is 17.6 Å². The van der Waals surface area contributed by atoms with E-state index < -0.39 is 30.2 Å². The monoisotopic (exact) mass is 342 g/mol. The molecule has 0 saturated heterocycles. The SMILES string of the molecule is CNC(=O)C(C(=O)CO)N(C)C(=O)c1ccc(-c2ncccn2)cc1. The zero-order valence-corrected chi connectivity index (χ0v) is 13.8. The first-order valence-electron chi connectivity index (χ1n) is 7.49. The van der Waals surface area contributed by atoms with E-state index in [1.807, 2.05) is 0 Å². The first kappa shape index (κ1) is 18.2. The van der Waals surface area contributed by atoms with Gasteiger partial charge in [0.25, 0.3) is 5.91 Å². The topological polar surface area (TPSA) is 112 Å². The van der Waals surface area contributed by atoms with Gasteiger partial charge in [-0.3, -0.25) is 14.4 Å². The highest BCUT2D eigenvalue weighted by atomic mass is 16.3. The summed E-state index contributed by atoms with van der Waals surface area (Å²) in [5.41, 5.74) is 1.02. The molecular formula is C17H18N4O4. The van der Waals surface area contributed by atoms with E-state index in [-0.39, 0.29) is 0 Å². The Hall–Kier alpha value is -3.13. The second-order valence-electron chi connectivity index (χ2n) is 5.21. The third-order valence-corrected chi connectivity index (χ3v) is 3.62. The predicted octanol–water partition coefficient (Wildman–Crippen LogP) is -0.108. The van der Waals surface area contributed by atoms with Gasteiger partial charge in [-0.1, -0.05) is 12.1 Å². The third kappa shape index (κ3) is 4.04. The fourth-order valence-corrected chi connectivity index (χ4v) is 2.29. The Kier molecular flexibility index (Phi) is 5.91. The minimum absolute atomic E-state index is 0.293. The Balaban J connectivity index is 2.24. The van der Waals surface area contributed by atoms with Crippen molar-refractivity contribution in [1.82, 2.24) is 20.2 Å². The Morgan fingerprint density at radius 3 is 2.28 bits per heavy atom. The van der Waals surface area contributed by atoms with E-state index in [9.17, 15) is 14.4 Å². The van der Waals surface area contributed by atoms with E-state index in [2.05, 4.69) is 15.3 Å². The fourth-order valence-electron chi connectivity index (χ4n) is 2.29. The number of aliphatic hydroxyl groups is 1. The van der Waals surface area contributed by atoms with Crippen molar-refractivity contribution in [3.63, 3.8) is 0 Å². The summed E-state index contributed by atoms with van der Waals surface area (Å²) < 4.78 is 0. The summed E-state index contributed by atoms with van der Waals surface area (Å²) in [5, 5.41) is 11.3. The molecule has 0 saturated carbocycles. The van der Waals surface area contributed by atoms with Crippen LogP contribution in [-0.2, 0) is 9.59 Å². The number of carbonyl (C=O) groups excluding carboxylic acids is 3. The number of hydrogen-bond donors (Lipinski definition) is 2. The number of Topliss-reactive ketones (excluding diaryl/α,β-unsaturated/α-hetero) is 1. The minimum atomic E-state index is -1.39. The van der Waals surface area contributed by atoms with Crippen molar-refractivity contribution in [3.8, 4) is 11.4 Å². The summed E-state index contributed by atoms with van der Waals surface area (Å²) >= 11 is 0. The van der Waals surface area contributed by atoms with E-state index in [1.54, 1.807) is 42.7 Å². The number of hydrogen-bond acceptors (Lipinski definition) is 6. The van der Waals surface area contributed by atoms with E-state index in [0.29, 0.717) is 11.4 Å². The molecule has 1 aromatic carbocycles.